The maximum atomic E-state index is 7.69. The van der Waals surface area contributed by atoms with E-state index >= 15 is 0 Å². The molecule has 3 N–H and O–H groups in total. The van der Waals surface area contributed by atoms with Crippen molar-refractivity contribution in [1.82, 2.24) is 15.3 Å². The Morgan fingerprint density at radius 1 is 1.22 bits per heavy atom. The number of hydrogen-bond donors (Lipinski definition) is 3. The van der Waals surface area contributed by atoms with Crippen LogP contribution in [0.15, 0.2) is 48.1 Å². The van der Waals surface area contributed by atoms with Gasteiger partial charge in [-0.15, -0.1) is 0 Å². The van der Waals surface area contributed by atoms with E-state index in [1.165, 1.54) is 5.01 Å². The zero-order chi connectivity index (χ0) is 23.3. The van der Waals surface area contributed by atoms with Crippen molar-refractivity contribution >= 4 is 17.5 Å². The fraction of sp³-hybridized carbons (Fsp3) is 0.478. The predicted molar refractivity (Wildman–Crippen MR) is 125 cm³/mol. The zero-order valence-electron chi connectivity index (χ0n) is 19.5. The maximum absolute atomic E-state index is 7.69. The fourth-order valence-electron chi connectivity index (χ4n) is 3.72. The summed E-state index contributed by atoms with van der Waals surface area (Å²) >= 11 is 0. The van der Waals surface area contributed by atoms with Crippen LogP contribution in [0.2, 0.25) is 0 Å². The molecule has 32 heavy (non-hydrogen) atoms. The average Bonchev–Trinajstić information content (AvgIpc) is 3.16. The second-order valence-electron chi connectivity index (χ2n) is 8.94. The smallest absolute Gasteiger partial charge is 0.224 e. The lowest BCUT2D eigenvalue weighted by Gasteiger charge is -2.25. The maximum Gasteiger partial charge on any atom is 0.224 e. The first-order valence-corrected chi connectivity index (χ1v) is 10.7. The Balaban J connectivity index is 1.66. The van der Waals surface area contributed by atoms with Gasteiger partial charge in [-0.05, 0) is 77.8 Å². The molecule has 172 valence electrons. The minimum Gasteiger partial charge on any atom is -0.497 e. The lowest BCUT2D eigenvalue weighted by atomic mass is 10.2. The number of nitrogens with zero attached hydrogens (tertiary/aromatic N) is 4. The molecule has 9 nitrogen and oxygen atoms in total. The van der Waals surface area contributed by atoms with E-state index in [1.807, 2.05) is 52.0 Å². The number of aryl methyl sites for hydroxylation is 1. The molecule has 0 radical (unpaired) electrons. The first-order valence-electron chi connectivity index (χ1n) is 10.7. The minimum absolute atomic E-state index is 0.230. The average molecular weight is 440 g/mol. The Morgan fingerprint density at radius 2 is 1.91 bits per heavy atom. The van der Waals surface area contributed by atoms with Crippen molar-refractivity contribution in [1.29, 1.82) is 5.53 Å². The van der Waals surface area contributed by atoms with Gasteiger partial charge < -0.3 is 20.1 Å². The van der Waals surface area contributed by atoms with Crippen molar-refractivity contribution < 1.29 is 9.47 Å². The topological polar surface area (TPSA) is 108 Å². The van der Waals surface area contributed by atoms with Crippen molar-refractivity contribution in [3.63, 3.8) is 0 Å². The first kappa shape index (κ1) is 23.3. The largest absolute Gasteiger partial charge is 0.497 e. The summed E-state index contributed by atoms with van der Waals surface area (Å²) in [5.74, 6) is 2.41. The lowest BCUT2D eigenvalue weighted by Crippen LogP contribution is -2.32. The number of ether oxygens (including phenoxy) is 2. The van der Waals surface area contributed by atoms with Crippen LogP contribution in [0.5, 0.6) is 5.75 Å². The minimum atomic E-state index is -0.273. The molecule has 2 aromatic rings. The van der Waals surface area contributed by atoms with Gasteiger partial charge in [-0.25, -0.2) is 4.98 Å². The molecule has 0 unspecified atom stereocenters. The van der Waals surface area contributed by atoms with Crippen LogP contribution in [0.4, 0.5) is 17.5 Å². The molecule has 9 heteroatoms. The second kappa shape index (κ2) is 9.84. The van der Waals surface area contributed by atoms with Gasteiger partial charge in [0.15, 0.2) is 11.7 Å². The van der Waals surface area contributed by atoms with Crippen molar-refractivity contribution in [2.24, 2.45) is 5.22 Å². The molecule has 1 fully saturated rings. The highest BCUT2D eigenvalue weighted by molar-refractivity contribution is 5.63. The monoisotopic (exact) mass is 439 g/mol. The van der Waals surface area contributed by atoms with Gasteiger partial charge in [0.2, 0.25) is 5.95 Å². The zero-order valence-corrected chi connectivity index (χ0v) is 19.5. The van der Waals surface area contributed by atoms with Gasteiger partial charge in [-0.3, -0.25) is 0 Å². The number of anilines is 3. The van der Waals surface area contributed by atoms with Crippen molar-refractivity contribution in [2.75, 3.05) is 17.4 Å². The number of hydrogen-bond acceptors (Lipinski definition) is 8. The standard InChI is InChI=1S/C23H33N7O2/c1-15-14-25-22(27-18-8-7-17(13-18)26-16(2)32-23(3,4)5)28-21(15)30(29-24)19-9-11-20(31-6)12-10-19/h9-12,14,17-18,24,26H,2,7-8,13H2,1,3-6H3,(H,25,27,28)/t17-,18-/m0/s1. The molecular formula is C23H33N7O2. The van der Waals surface area contributed by atoms with Crippen LogP contribution in [0.1, 0.15) is 45.6 Å². The highest BCUT2D eigenvalue weighted by Gasteiger charge is 2.27. The SMILES string of the molecule is C=C(N[C@H]1CC[C@H](Nc2ncc(C)c(N(N=N)c3ccc(OC)cc3)n2)C1)OC(C)(C)C. The van der Waals surface area contributed by atoms with Gasteiger partial charge in [0, 0.05) is 23.8 Å². The Labute approximate surface area is 189 Å². The van der Waals surface area contributed by atoms with E-state index < -0.39 is 0 Å². The molecule has 3 rings (SSSR count). The Hall–Kier alpha value is -3.36. The lowest BCUT2D eigenvalue weighted by molar-refractivity contribution is 0.0385. The van der Waals surface area contributed by atoms with Crippen molar-refractivity contribution in [2.45, 2.75) is 64.6 Å². The van der Waals surface area contributed by atoms with E-state index in [0.717, 1.165) is 36.3 Å². The number of nitrogens with one attached hydrogen (secondary N) is 3. The van der Waals surface area contributed by atoms with Crippen LogP contribution in [0.3, 0.4) is 0 Å². The highest BCUT2D eigenvalue weighted by Crippen LogP contribution is 2.30. The van der Waals surface area contributed by atoms with E-state index in [0.29, 0.717) is 17.6 Å². The first-order chi connectivity index (χ1) is 15.2. The second-order valence-corrected chi connectivity index (χ2v) is 8.94. The van der Waals surface area contributed by atoms with E-state index in [1.54, 1.807) is 13.3 Å². The number of benzene rings is 1. The molecule has 1 heterocycles. The Bertz CT molecular complexity index is 940. The molecule has 1 aromatic heterocycles. The molecule has 1 aliphatic carbocycles. The summed E-state index contributed by atoms with van der Waals surface area (Å²) in [6, 6.07) is 7.84. The third-order valence-electron chi connectivity index (χ3n) is 5.12. The summed E-state index contributed by atoms with van der Waals surface area (Å²) in [7, 11) is 1.62. The summed E-state index contributed by atoms with van der Waals surface area (Å²) in [6.07, 6.45) is 4.64. The van der Waals surface area contributed by atoms with Crippen LogP contribution < -0.4 is 20.4 Å². The predicted octanol–water partition coefficient (Wildman–Crippen LogP) is 5.09. The number of methoxy groups -OCH3 is 1. The van der Waals surface area contributed by atoms with Crippen LogP contribution in [0.25, 0.3) is 0 Å². The van der Waals surface area contributed by atoms with E-state index in [-0.39, 0.29) is 17.7 Å². The molecule has 0 aliphatic heterocycles. The number of rotatable bonds is 9. The summed E-state index contributed by atoms with van der Waals surface area (Å²) in [5.41, 5.74) is 8.96. The van der Waals surface area contributed by atoms with Crippen LogP contribution in [0, 0.1) is 12.5 Å². The normalized spacial score (nSPS) is 18.0. The Morgan fingerprint density at radius 3 is 2.53 bits per heavy atom. The molecule has 1 saturated carbocycles. The van der Waals surface area contributed by atoms with E-state index in [4.69, 9.17) is 15.0 Å². The molecule has 0 amide bonds. The van der Waals surface area contributed by atoms with Gasteiger partial charge in [0.25, 0.3) is 0 Å². The van der Waals surface area contributed by atoms with Gasteiger partial charge >= 0.3 is 0 Å². The van der Waals surface area contributed by atoms with E-state index in [9.17, 15) is 0 Å². The van der Waals surface area contributed by atoms with Crippen LogP contribution in [-0.4, -0.2) is 34.8 Å². The van der Waals surface area contributed by atoms with Crippen molar-refractivity contribution in [3.05, 3.63) is 48.5 Å². The molecule has 1 aliphatic rings. The summed E-state index contributed by atoms with van der Waals surface area (Å²) in [4.78, 5) is 9.10. The molecule has 1 aromatic carbocycles. The van der Waals surface area contributed by atoms with Gasteiger partial charge in [0.05, 0.1) is 12.8 Å². The van der Waals surface area contributed by atoms with E-state index in [2.05, 4.69) is 32.4 Å². The fourth-order valence-corrected chi connectivity index (χ4v) is 3.72. The molecule has 0 bridgehead atoms. The molecule has 0 spiro atoms. The van der Waals surface area contributed by atoms with Crippen LogP contribution >= 0.6 is 0 Å². The molecule has 2 atom stereocenters. The van der Waals surface area contributed by atoms with Crippen LogP contribution in [-0.2, 0) is 4.74 Å². The van der Waals surface area contributed by atoms with Gasteiger partial charge in [-0.1, -0.05) is 5.22 Å². The summed E-state index contributed by atoms with van der Waals surface area (Å²) < 4.78 is 11.0. The van der Waals surface area contributed by atoms with Gasteiger partial charge in [0.1, 0.15) is 11.4 Å². The number of aromatic nitrogens is 2. The summed E-state index contributed by atoms with van der Waals surface area (Å²) in [5, 5.41) is 12.0. The third-order valence-corrected chi connectivity index (χ3v) is 5.12. The quantitative estimate of drug-likeness (QED) is 0.284. The highest BCUT2D eigenvalue weighted by atomic mass is 16.5. The van der Waals surface area contributed by atoms with Gasteiger partial charge in [-0.2, -0.15) is 15.5 Å². The Kier molecular flexibility index (Phi) is 7.17. The molecular weight excluding hydrogens is 406 g/mol. The molecule has 0 saturated heterocycles. The van der Waals surface area contributed by atoms with Crippen molar-refractivity contribution in [3.8, 4) is 5.75 Å². The summed E-state index contributed by atoms with van der Waals surface area (Å²) in [6.45, 7) is 11.9. The third kappa shape index (κ3) is 6.09.